The van der Waals surface area contributed by atoms with Crippen molar-refractivity contribution in [2.45, 2.75) is 32.3 Å². The van der Waals surface area contributed by atoms with Gasteiger partial charge in [-0.3, -0.25) is 0 Å². The van der Waals surface area contributed by atoms with Crippen molar-refractivity contribution in [3.8, 4) is 0 Å². The summed E-state index contributed by atoms with van der Waals surface area (Å²) in [5.74, 6) is 0. The molecule has 1 unspecified atom stereocenters. The molecule has 0 bridgehead atoms. The van der Waals surface area contributed by atoms with E-state index in [0.717, 1.165) is 12.8 Å². The number of benzene rings is 1. The Kier molecular flexibility index (Phi) is 3.49. The highest BCUT2D eigenvalue weighted by molar-refractivity contribution is 5.16. The summed E-state index contributed by atoms with van der Waals surface area (Å²) in [6, 6.07) is 10.5. The highest BCUT2D eigenvalue weighted by Gasteiger charge is 2.20. The Morgan fingerprint density at radius 2 is 1.85 bits per heavy atom. The van der Waals surface area contributed by atoms with Gasteiger partial charge in [0, 0.05) is 13.5 Å². The molecule has 0 aliphatic carbocycles. The van der Waals surface area contributed by atoms with Gasteiger partial charge in [0.1, 0.15) is 0 Å². The van der Waals surface area contributed by atoms with Crippen molar-refractivity contribution in [3.05, 3.63) is 35.9 Å². The molecule has 0 N–H and O–H groups in total. The van der Waals surface area contributed by atoms with Crippen molar-refractivity contribution < 1.29 is 4.74 Å². The molecule has 1 aromatic carbocycles. The lowest BCUT2D eigenvalue weighted by atomic mass is 9.94. The fourth-order valence-electron chi connectivity index (χ4n) is 1.37. The number of hydrogen-bond acceptors (Lipinski definition) is 1. The summed E-state index contributed by atoms with van der Waals surface area (Å²) >= 11 is 0. The molecule has 0 spiro atoms. The molecule has 0 amide bonds. The van der Waals surface area contributed by atoms with Gasteiger partial charge < -0.3 is 4.74 Å². The van der Waals surface area contributed by atoms with E-state index in [9.17, 15) is 0 Å². The van der Waals surface area contributed by atoms with E-state index in [1.54, 1.807) is 7.11 Å². The van der Waals surface area contributed by atoms with Gasteiger partial charge in [-0.15, -0.1) is 0 Å². The van der Waals surface area contributed by atoms with Crippen LogP contribution in [-0.2, 0) is 11.2 Å². The van der Waals surface area contributed by atoms with Gasteiger partial charge in [0.2, 0.25) is 0 Å². The Bertz CT molecular complexity index is 237. The summed E-state index contributed by atoms with van der Waals surface area (Å²) in [6.45, 7) is 4.31. The average molecular weight is 178 g/mol. The Hall–Kier alpha value is -0.820. The summed E-state index contributed by atoms with van der Waals surface area (Å²) in [5.41, 5.74) is 1.33. The lowest BCUT2D eigenvalue weighted by molar-refractivity contribution is 0.00328. The smallest absolute Gasteiger partial charge is 0.0688 e. The molecule has 0 saturated carbocycles. The van der Waals surface area contributed by atoms with Gasteiger partial charge in [0.05, 0.1) is 5.60 Å². The van der Waals surface area contributed by atoms with E-state index in [0.29, 0.717) is 0 Å². The Morgan fingerprint density at radius 3 is 2.31 bits per heavy atom. The molecule has 13 heavy (non-hydrogen) atoms. The van der Waals surface area contributed by atoms with Crippen LogP contribution in [0, 0.1) is 0 Å². The summed E-state index contributed by atoms with van der Waals surface area (Å²) in [5, 5.41) is 0. The van der Waals surface area contributed by atoms with E-state index >= 15 is 0 Å². The van der Waals surface area contributed by atoms with Crippen molar-refractivity contribution in [3.63, 3.8) is 0 Å². The summed E-state index contributed by atoms with van der Waals surface area (Å²) in [4.78, 5) is 0. The fourth-order valence-corrected chi connectivity index (χ4v) is 1.37. The second-order valence-corrected chi connectivity index (χ2v) is 3.67. The normalized spacial score (nSPS) is 15.3. The van der Waals surface area contributed by atoms with Crippen molar-refractivity contribution in [2.24, 2.45) is 0 Å². The van der Waals surface area contributed by atoms with Crippen LogP contribution in [0.15, 0.2) is 30.3 Å². The minimum Gasteiger partial charge on any atom is -0.378 e. The Morgan fingerprint density at radius 1 is 1.23 bits per heavy atom. The van der Waals surface area contributed by atoms with Gasteiger partial charge in [-0.2, -0.15) is 0 Å². The third kappa shape index (κ3) is 2.85. The van der Waals surface area contributed by atoms with Crippen LogP contribution in [0.1, 0.15) is 25.8 Å². The summed E-state index contributed by atoms with van der Waals surface area (Å²) < 4.78 is 5.49. The van der Waals surface area contributed by atoms with Gasteiger partial charge in [-0.25, -0.2) is 0 Å². The van der Waals surface area contributed by atoms with Gasteiger partial charge in [0.25, 0.3) is 0 Å². The van der Waals surface area contributed by atoms with Gasteiger partial charge in [0.15, 0.2) is 0 Å². The van der Waals surface area contributed by atoms with E-state index in [-0.39, 0.29) is 5.60 Å². The highest BCUT2D eigenvalue weighted by Crippen LogP contribution is 2.19. The van der Waals surface area contributed by atoms with E-state index in [2.05, 4.69) is 38.1 Å². The van der Waals surface area contributed by atoms with E-state index in [1.165, 1.54) is 5.56 Å². The zero-order valence-corrected chi connectivity index (χ0v) is 8.71. The Labute approximate surface area is 80.7 Å². The molecule has 0 aromatic heterocycles. The summed E-state index contributed by atoms with van der Waals surface area (Å²) in [7, 11) is 1.78. The van der Waals surface area contributed by atoms with Crippen LogP contribution in [-0.4, -0.2) is 12.7 Å². The maximum absolute atomic E-state index is 5.49. The zero-order chi connectivity index (χ0) is 9.73. The van der Waals surface area contributed by atoms with Crippen LogP contribution >= 0.6 is 0 Å². The molecule has 1 rings (SSSR count). The minimum absolute atomic E-state index is 0.0125. The molecule has 1 heteroatoms. The lowest BCUT2D eigenvalue weighted by Crippen LogP contribution is -2.28. The average Bonchev–Trinajstić information content (AvgIpc) is 2.19. The first-order chi connectivity index (χ1) is 6.20. The molecular weight excluding hydrogens is 160 g/mol. The minimum atomic E-state index is -0.0125. The number of ether oxygens (including phenoxy) is 1. The van der Waals surface area contributed by atoms with Crippen LogP contribution in [0.5, 0.6) is 0 Å². The molecular formula is C12H18O. The SMILES string of the molecule is CCC(C)(Cc1ccccc1)OC. The number of methoxy groups -OCH3 is 1. The molecule has 1 aromatic rings. The largest absolute Gasteiger partial charge is 0.378 e. The van der Waals surface area contributed by atoms with Gasteiger partial charge in [-0.05, 0) is 18.9 Å². The van der Waals surface area contributed by atoms with E-state index < -0.39 is 0 Å². The van der Waals surface area contributed by atoms with Gasteiger partial charge >= 0.3 is 0 Å². The first-order valence-corrected chi connectivity index (χ1v) is 4.79. The Balaban J connectivity index is 2.68. The second-order valence-electron chi connectivity index (χ2n) is 3.67. The number of rotatable bonds is 4. The molecule has 0 heterocycles. The van der Waals surface area contributed by atoms with Crippen molar-refractivity contribution in [2.75, 3.05) is 7.11 Å². The van der Waals surface area contributed by atoms with Crippen LogP contribution < -0.4 is 0 Å². The molecule has 0 aliphatic rings. The predicted octanol–water partition coefficient (Wildman–Crippen LogP) is 3.04. The highest BCUT2D eigenvalue weighted by atomic mass is 16.5. The van der Waals surface area contributed by atoms with Crippen LogP contribution in [0.3, 0.4) is 0 Å². The van der Waals surface area contributed by atoms with Crippen molar-refractivity contribution in [1.29, 1.82) is 0 Å². The van der Waals surface area contributed by atoms with E-state index in [4.69, 9.17) is 4.74 Å². The summed E-state index contributed by atoms with van der Waals surface area (Å²) in [6.07, 6.45) is 2.03. The zero-order valence-electron chi connectivity index (χ0n) is 8.71. The predicted molar refractivity (Wildman–Crippen MR) is 55.9 cm³/mol. The molecule has 1 nitrogen and oxygen atoms in total. The standard InChI is InChI=1S/C12H18O/c1-4-12(2,13-3)10-11-8-6-5-7-9-11/h5-9H,4,10H2,1-3H3. The van der Waals surface area contributed by atoms with Crippen LogP contribution in [0.4, 0.5) is 0 Å². The molecule has 0 saturated heterocycles. The molecule has 0 radical (unpaired) electrons. The maximum Gasteiger partial charge on any atom is 0.0688 e. The molecule has 0 aliphatic heterocycles. The van der Waals surface area contributed by atoms with Crippen LogP contribution in [0.2, 0.25) is 0 Å². The lowest BCUT2D eigenvalue weighted by Gasteiger charge is -2.26. The second kappa shape index (κ2) is 4.43. The van der Waals surface area contributed by atoms with E-state index in [1.807, 2.05) is 6.07 Å². The van der Waals surface area contributed by atoms with Crippen molar-refractivity contribution in [1.82, 2.24) is 0 Å². The third-order valence-electron chi connectivity index (χ3n) is 2.66. The first-order valence-electron chi connectivity index (χ1n) is 4.79. The molecule has 72 valence electrons. The molecule has 1 atom stereocenters. The number of hydrogen-bond donors (Lipinski definition) is 0. The maximum atomic E-state index is 5.49. The monoisotopic (exact) mass is 178 g/mol. The third-order valence-corrected chi connectivity index (χ3v) is 2.66. The topological polar surface area (TPSA) is 9.23 Å². The molecule has 0 fully saturated rings. The first kappa shape index (κ1) is 10.3. The van der Waals surface area contributed by atoms with Crippen LogP contribution in [0.25, 0.3) is 0 Å². The van der Waals surface area contributed by atoms with Gasteiger partial charge in [-0.1, -0.05) is 37.3 Å². The fraction of sp³-hybridized carbons (Fsp3) is 0.500. The quantitative estimate of drug-likeness (QED) is 0.688. The van der Waals surface area contributed by atoms with Crippen molar-refractivity contribution >= 4 is 0 Å².